The second kappa shape index (κ2) is 14.4. The molecule has 24 heavy (non-hydrogen) atoms. The summed E-state index contributed by atoms with van der Waals surface area (Å²) in [6.45, 7) is 6.40. The van der Waals surface area contributed by atoms with E-state index in [1.807, 2.05) is 20.8 Å². The average Bonchev–Trinajstić information content (AvgIpc) is 2.56. The van der Waals surface area contributed by atoms with Crippen LogP contribution in [-0.4, -0.2) is 37.6 Å². The molecule has 5 heteroatoms. The highest BCUT2D eigenvalue weighted by molar-refractivity contribution is 5.81. The highest BCUT2D eigenvalue weighted by Gasteiger charge is 2.23. The maximum Gasteiger partial charge on any atom is 0.219 e. The summed E-state index contributed by atoms with van der Waals surface area (Å²) in [5.74, 6) is 0.631. The Morgan fingerprint density at radius 1 is 1.00 bits per heavy atom. The smallest absolute Gasteiger partial charge is 0.219 e. The summed E-state index contributed by atoms with van der Waals surface area (Å²) in [5.41, 5.74) is 5.01. The van der Waals surface area contributed by atoms with Crippen molar-refractivity contribution in [2.24, 2.45) is 11.7 Å². The van der Waals surface area contributed by atoms with Crippen molar-refractivity contribution in [3.05, 3.63) is 0 Å². The van der Waals surface area contributed by atoms with Crippen molar-refractivity contribution in [1.82, 2.24) is 0 Å². The number of primary amides is 1. The Labute approximate surface area is 147 Å². The van der Waals surface area contributed by atoms with Gasteiger partial charge in [-0.15, -0.1) is 0 Å². The number of Topliss-reactive ketones (excluding diaryl/α,β-unsaturated/α-hetero) is 1. The van der Waals surface area contributed by atoms with Crippen molar-refractivity contribution < 1.29 is 19.1 Å². The summed E-state index contributed by atoms with van der Waals surface area (Å²) >= 11 is 0. The van der Waals surface area contributed by atoms with E-state index in [0.29, 0.717) is 36.9 Å². The van der Waals surface area contributed by atoms with Crippen LogP contribution in [0.3, 0.4) is 0 Å². The molecule has 0 saturated heterocycles. The molecule has 2 rings (SSSR count). The number of carbonyl (C=O) groups is 2. The first-order valence-corrected chi connectivity index (χ1v) is 9.52. The molecule has 2 fully saturated rings. The number of ketones is 1. The van der Waals surface area contributed by atoms with Gasteiger partial charge in [0.05, 0.1) is 18.8 Å². The van der Waals surface area contributed by atoms with Crippen LogP contribution < -0.4 is 5.73 Å². The third kappa shape index (κ3) is 10.0. The molecule has 0 atom stereocenters. The van der Waals surface area contributed by atoms with Crippen molar-refractivity contribution in [3.63, 3.8) is 0 Å². The number of methoxy groups -OCH3 is 1. The molecule has 0 aromatic carbocycles. The number of amides is 1. The highest BCUT2D eigenvalue weighted by Crippen LogP contribution is 2.27. The van der Waals surface area contributed by atoms with Gasteiger partial charge in [-0.2, -0.15) is 0 Å². The number of hydrogen-bond acceptors (Lipinski definition) is 4. The highest BCUT2D eigenvalue weighted by atomic mass is 16.5. The van der Waals surface area contributed by atoms with E-state index in [9.17, 15) is 9.59 Å². The van der Waals surface area contributed by atoms with Crippen molar-refractivity contribution in [1.29, 1.82) is 0 Å². The van der Waals surface area contributed by atoms with Gasteiger partial charge < -0.3 is 15.2 Å². The Hall–Kier alpha value is -0.940. The van der Waals surface area contributed by atoms with Gasteiger partial charge in [-0.05, 0) is 38.5 Å². The Kier molecular flexibility index (Phi) is 13.8. The Bertz CT molecular complexity index is 334. The van der Waals surface area contributed by atoms with Gasteiger partial charge in [0, 0.05) is 25.9 Å². The molecule has 2 saturated carbocycles. The average molecular weight is 344 g/mol. The second-order valence-corrected chi connectivity index (χ2v) is 6.17. The minimum absolute atomic E-state index is 0.292. The third-order valence-electron chi connectivity index (χ3n) is 4.57. The molecule has 142 valence electrons. The normalized spacial score (nSPS) is 23.0. The third-order valence-corrected chi connectivity index (χ3v) is 4.57. The first-order valence-electron chi connectivity index (χ1n) is 9.52. The molecular weight excluding hydrogens is 306 g/mol. The van der Waals surface area contributed by atoms with Crippen molar-refractivity contribution in [2.45, 2.75) is 90.8 Å². The standard InChI is InChI=1S/C10H19NO3.C7H12O.C2H6/c1-13-8-2-4-9(5-3-8)14-7-6-10(11)12;1-2-7(8)6-4-3-5-6;1-2/h8-9H,2-7H2,1H3,(H2,11,12);6H,2-5H2,1H3;1-2H3. The van der Waals surface area contributed by atoms with Crippen LogP contribution in [0.1, 0.15) is 78.6 Å². The van der Waals surface area contributed by atoms with E-state index in [1.54, 1.807) is 7.11 Å². The van der Waals surface area contributed by atoms with Crippen LogP contribution in [0.25, 0.3) is 0 Å². The van der Waals surface area contributed by atoms with E-state index in [0.717, 1.165) is 44.9 Å². The number of carbonyl (C=O) groups excluding carboxylic acids is 2. The molecule has 5 nitrogen and oxygen atoms in total. The number of ether oxygens (including phenoxy) is 2. The van der Waals surface area contributed by atoms with Crippen LogP contribution >= 0.6 is 0 Å². The van der Waals surface area contributed by atoms with Gasteiger partial charge >= 0.3 is 0 Å². The van der Waals surface area contributed by atoms with Crippen LogP contribution in [0.5, 0.6) is 0 Å². The first-order chi connectivity index (χ1) is 11.6. The lowest BCUT2D eigenvalue weighted by Crippen LogP contribution is -2.26. The molecule has 0 radical (unpaired) electrons. The molecule has 2 aliphatic rings. The van der Waals surface area contributed by atoms with E-state index >= 15 is 0 Å². The summed E-state index contributed by atoms with van der Waals surface area (Å²) in [4.78, 5) is 21.3. The molecule has 0 aromatic heterocycles. The fourth-order valence-electron chi connectivity index (χ4n) is 2.78. The predicted molar refractivity (Wildman–Crippen MR) is 96.8 cm³/mol. The summed E-state index contributed by atoms with van der Waals surface area (Å²) in [7, 11) is 1.75. The number of rotatable bonds is 7. The lowest BCUT2D eigenvalue weighted by Gasteiger charge is -2.27. The zero-order chi connectivity index (χ0) is 18.4. The maximum atomic E-state index is 10.8. The Morgan fingerprint density at radius 3 is 1.88 bits per heavy atom. The van der Waals surface area contributed by atoms with Crippen LogP contribution in [0.15, 0.2) is 0 Å². The van der Waals surface area contributed by atoms with Crippen LogP contribution in [0, 0.1) is 5.92 Å². The van der Waals surface area contributed by atoms with Gasteiger partial charge in [0.2, 0.25) is 5.91 Å². The van der Waals surface area contributed by atoms with Crippen molar-refractivity contribution >= 4 is 11.7 Å². The van der Waals surface area contributed by atoms with Crippen molar-refractivity contribution in [3.8, 4) is 0 Å². The topological polar surface area (TPSA) is 78.6 Å². The molecule has 0 unspecified atom stereocenters. The fourth-order valence-corrected chi connectivity index (χ4v) is 2.78. The van der Waals surface area contributed by atoms with Gasteiger partial charge in [0.25, 0.3) is 0 Å². The number of hydrogen-bond donors (Lipinski definition) is 1. The Balaban J connectivity index is 0.000000447. The van der Waals surface area contributed by atoms with E-state index in [2.05, 4.69) is 0 Å². The molecule has 0 aliphatic heterocycles. The molecule has 2 N–H and O–H groups in total. The van der Waals surface area contributed by atoms with E-state index in [4.69, 9.17) is 15.2 Å². The largest absolute Gasteiger partial charge is 0.381 e. The van der Waals surface area contributed by atoms with Crippen LogP contribution in [0.4, 0.5) is 0 Å². The zero-order valence-corrected chi connectivity index (χ0v) is 16.0. The van der Waals surface area contributed by atoms with E-state index < -0.39 is 0 Å². The predicted octanol–water partition coefficient (Wildman–Crippen LogP) is 3.63. The van der Waals surface area contributed by atoms with Gasteiger partial charge in [0.1, 0.15) is 5.78 Å². The molecular formula is C19H37NO4. The monoisotopic (exact) mass is 343 g/mol. The minimum Gasteiger partial charge on any atom is -0.381 e. The van der Waals surface area contributed by atoms with E-state index in [1.165, 1.54) is 6.42 Å². The maximum absolute atomic E-state index is 10.8. The first kappa shape index (κ1) is 23.1. The SMILES string of the molecule is CC.CCC(=O)C1CCC1.COC1CCC(OCCC(N)=O)CC1. The van der Waals surface area contributed by atoms with Gasteiger partial charge in [0.15, 0.2) is 0 Å². The summed E-state index contributed by atoms with van der Waals surface area (Å²) < 4.78 is 10.8. The quantitative estimate of drug-likeness (QED) is 0.765. The lowest BCUT2D eigenvalue weighted by atomic mass is 9.81. The van der Waals surface area contributed by atoms with Gasteiger partial charge in [-0.3, -0.25) is 9.59 Å². The molecule has 0 heterocycles. The fraction of sp³-hybridized carbons (Fsp3) is 0.895. The molecule has 0 bridgehead atoms. The molecule has 0 spiro atoms. The molecule has 0 aromatic rings. The zero-order valence-electron chi connectivity index (χ0n) is 16.0. The summed E-state index contributed by atoms with van der Waals surface area (Å²) in [6, 6.07) is 0. The minimum atomic E-state index is -0.296. The van der Waals surface area contributed by atoms with E-state index in [-0.39, 0.29) is 5.91 Å². The van der Waals surface area contributed by atoms with Gasteiger partial charge in [-0.25, -0.2) is 0 Å². The van der Waals surface area contributed by atoms with Crippen LogP contribution in [-0.2, 0) is 19.1 Å². The molecule has 2 aliphatic carbocycles. The van der Waals surface area contributed by atoms with Crippen LogP contribution in [0.2, 0.25) is 0 Å². The lowest BCUT2D eigenvalue weighted by molar-refractivity contribution is -0.124. The summed E-state index contributed by atoms with van der Waals surface area (Å²) in [5, 5.41) is 0. The number of nitrogens with two attached hydrogens (primary N) is 1. The Morgan fingerprint density at radius 2 is 1.54 bits per heavy atom. The van der Waals surface area contributed by atoms with Gasteiger partial charge in [-0.1, -0.05) is 27.2 Å². The molecule has 1 amide bonds. The van der Waals surface area contributed by atoms with Crippen molar-refractivity contribution in [2.75, 3.05) is 13.7 Å². The second-order valence-electron chi connectivity index (χ2n) is 6.17. The summed E-state index contributed by atoms with van der Waals surface area (Å²) in [6.07, 6.45) is 9.50.